The van der Waals surface area contributed by atoms with Gasteiger partial charge in [0.2, 0.25) is 0 Å². The first-order valence-electron chi connectivity index (χ1n) is 10.6. The molecule has 170 valence electrons. The van der Waals surface area contributed by atoms with E-state index in [1.54, 1.807) is 23.7 Å². The van der Waals surface area contributed by atoms with Gasteiger partial charge in [0.25, 0.3) is 10.0 Å². The van der Waals surface area contributed by atoms with Crippen LogP contribution in [0.3, 0.4) is 0 Å². The molecule has 2 aromatic heterocycles. The van der Waals surface area contributed by atoms with E-state index >= 15 is 0 Å². The second-order valence-electron chi connectivity index (χ2n) is 7.48. The van der Waals surface area contributed by atoms with Crippen LogP contribution < -0.4 is 4.74 Å². The van der Waals surface area contributed by atoms with E-state index in [-0.39, 0.29) is 13.1 Å². The molecule has 9 heteroatoms. The Labute approximate surface area is 193 Å². The van der Waals surface area contributed by atoms with Gasteiger partial charge in [-0.15, -0.1) is 11.3 Å². The number of ether oxygens (including phenoxy) is 2. The van der Waals surface area contributed by atoms with Gasteiger partial charge in [0.05, 0.1) is 25.5 Å². The van der Waals surface area contributed by atoms with Crippen LogP contribution in [-0.4, -0.2) is 62.1 Å². The van der Waals surface area contributed by atoms with Gasteiger partial charge in [-0.05, 0) is 41.3 Å². The van der Waals surface area contributed by atoms with Crippen LogP contribution in [0.2, 0.25) is 0 Å². The maximum Gasteiger partial charge on any atom is 0.253 e. The smallest absolute Gasteiger partial charge is 0.253 e. The summed E-state index contributed by atoms with van der Waals surface area (Å²) in [7, 11) is -3.65. The predicted molar refractivity (Wildman–Crippen MR) is 124 cm³/mol. The molecule has 7 nitrogen and oxygen atoms in total. The third-order valence-corrected chi connectivity index (χ3v) is 8.36. The van der Waals surface area contributed by atoms with Gasteiger partial charge >= 0.3 is 0 Å². The Balaban J connectivity index is 1.46. The van der Waals surface area contributed by atoms with Gasteiger partial charge in [0, 0.05) is 32.4 Å². The molecular weight excluding hydrogens is 446 g/mol. The van der Waals surface area contributed by atoms with Crippen LogP contribution in [-0.2, 0) is 27.8 Å². The Morgan fingerprint density at radius 3 is 2.69 bits per heavy atom. The van der Waals surface area contributed by atoms with E-state index in [0.717, 1.165) is 44.2 Å². The van der Waals surface area contributed by atoms with E-state index in [4.69, 9.17) is 9.47 Å². The SMILES string of the molecule is O=S(=O)(c1cccs1)N(Cc1cccc(OCCN2CCOCC2)c1)Cc1ccccn1. The van der Waals surface area contributed by atoms with Crippen molar-refractivity contribution >= 4 is 21.4 Å². The third kappa shape index (κ3) is 6.14. The molecule has 0 spiro atoms. The minimum atomic E-state index is -3.65. The van der Waals surface area contributed by atoms with Crippen molar-refractivity contribution in [1.29, 1.82) is 0 Å². The minimum absolute atomic E-state index is 0.198. The molecule has 0 saturated carbocycles. The number of sulfonamides is 1. The first-order chi connectivity index (χ1) is 15.6. The predicted octanol–water partition coefficient (Wildman–Crippen LogP) is 3.25. The summed E-state index contributed by atoms with van der Waals surface area (Å²) in [6.07, 6.45) is 1.67. The Kier molecular flexibility index (Phi) is 7.88. The Bertz CT molecular complexity index is 1070. The van der Waals surface area contributed by atoms with Crippen LogP contribution in [0.5, 0.6) is 5.75 Å². The van der Waals surface area contributed by atoms with Crippen molar-refractivity contribution in [2.75, 3.05) is 39.5 Å². The number of morpholine rings is 1. The molecule has 1 fully saturated rings. The van der Waals surface area contributed by atoms with Crippen LogP contribution >= 0.6 is 11.3 Å². The van der Waals surface area contributed by atoms with Gasteiger partial charge in [0.15, 0.2) is 0 Å². The summed E-state index contributed by atoms with van der Waals surface area (Å²) in [5.74, 6) is 0.738. The molecule has 1 saturated heterocycles. The summed E-state index contributed by atoms with van der Waals surface area (Å²) < 4.78 is 39.7. The lowest BCUT2D eigenvalue weighted by Crippen LogP contribution is -2.38. The molecule has 0 aliphatic carbocycles. The average molecular weight is 474 g/mol. The Morgan fingerprint density at radius 2 is 1.94 bits per heavy atom. The monoisotopic (exact) mass is 473 g/mol. The lowest BCUT2D eigenvalue weighted by molar-refractivity contribution is 0.0322. The fourth-order valence-electron chi connectivity index (χ4n) is 3.49. The van der Waals surface area contributed by atoms with E-state index in [0.29, 0.717) is 16.5 Å². The van der Waals surface area contributed by atoms with Crippen molar-refractivity contribution in [3.63, 3.8) is 0 Å². The average Bonchev–Trinajstić information content (AvgIpc) is 3.36. The van der Waals surface area contributed by atoms with Crippen molar-refractivity contribution in [3.8, 4) is 5.75 Å². The van der Waals surface area contributed by atoms with Gasteiger partial charge in [-0.1, -0.05) is 24.3 Å². The van der Waals surface area contributed by atoms with Crippen LogP contribution in [0.4, 0.5) is 0 Å². The fourth-order valence-corrected chi connectivity index (χ4v) is 6.03. The lowest BCUT2D eigenvalue weighted by atomic mass is 10.2. The highest BCUT2D eigenvalue weighted by molar-refractivity contribution is 7.91. The standard InChI is InChI=1S/C23H27N3O4S2/c27-32(28,23-8-4-16-31-23)26(19-21-6-1-2-9-24-21)18-20-5-3-7-22(17-20)30-15-12-25-10-13-29-14-11-25/h1-9,16-17H,10-15,18-19H2. The molecule has 3 heterocycles. The number of hydrogen-bond donors (Lipinski definition) is 0. The maximum atomic E-state index is 13.3. The molecule has 1 aromatic carbocycles. The van der Waals surface area contributed by atoms with Crippen molar-refractivity contribution < 1.29 is 17.9 Å². The van der Waals surface area contributed by atoms with Crippen molar-refractivity contribution in [2.45, 2.75) is 17.3 Å². The zero-order chi connectivity index (χ0) is 22.2. The first kappa shape index (κ1) is 22.9. The Morgan fingerprint density at radius 1 is 1.06 bits per heavy atom. The summed E-state index contributed by atoms with van der Waals surface area (Å²) in [5.41, 5.74) is 1.57. The first-order valence-corrected chi connectivity index (χ1v) is 12.9. The summed E-state index contributed by atoms with van der Waals surface area (Å²) in [5, 5.41) is 1.77. The fraction of sp³-hybridized carbons (Fsp3) is 0.348. The van der Waals surface area contributed by atoms with Crippen molar-refractivity contribution in [3.05, 3.63) is 77.4 Å². The maximum absolute atomic E-state index is 13.3. The summed E-state index contributed by atoms with van der Waals surface area (Å²) in [4.78, 5) is 6.63. The molecule has 0 N–H and O–H groups in total. The normalized spacial score (nSPS) is 15.2. The topological polar surface area (TPSA) is 72.0 Å². The highest BCUT2D eigenvalue weighted by atomic mass is 32.2. The molecule has 1 aliphatic heterocycles. The highest BCUT2D eigenvalue weighted by Gasteiger charge is 2.26. The number of nitrogens with zero attached hydrogens (tertiary/aromatic N) is 3. The molecule has 0 bridgehead atoms. The van der Waals surface area contributed by atoms with Crippen molar-refractivity contribution in [2.24, 2.45) is 0 Å². The van der Waals surface area contributed by atoms with Gasteiger partial charge < -0.3 is 9.47 Å². The summed E-state index contributed by atoms with van der Waals surface area (Å²) in [6.45, 7) is 5.22. The van der Waals surface area contributed by atoms with Gasteiger partial charge in [-0.2, -0.15) is 4.31 Å². The summed E-state index contributed by atoms with van der Waals surface area (Å²) in [6, 6.07) is 16.5. The molecule has 0 atom stereocenters. The van der Waals surface area contributed by atoms with E-state index in [1.165, 1.54) is 15.6 Å². The van der Waals surface area contributed by atoms with E-state index in [1.807, 2.05) is 42.5 Å². The minimum Gasteiger partial charge on any atom is -0.492 e. The molecule has 32 heavy (non-hydrogen) atoms. The largest absolute Gasteiger partial charge is 0.492 e. The van der Waals surface area contributed by atoms with Crippen LogP contribution in [0.1, 0.15) is 11.3 Å². The zero-order valence-electron chi connectivity index (χ0n) is 17.8. The second kappa shape index (κ2) is 11.0. The van der Waals surface area contributed by atoms with E-state index in [9.17, 15) is 8.42 Å². The number of aromatic nitrogens is 1. The number of benzene rings is 1. The van der Waals surface area contributed by atoms with Gasteiger partial charge in [-0.25, -0.2) is 8.42 Å². The van der Waals surface area contributed by atoms with Crippen LogP contribution in [0.25, 0.3) is 0 Å². The quantitative estimate of drug-likeness (QED) is 0.450. The third-order valence-electron chi connectivity index (χ3n) is 5.19. The molecular formula is C23H27N3O4S2. The van der Waals surface area contributed by atoms with Crippen LogP contribution in [0, 0.1) is 0 Å². The molecule has 1 aliphatic rings. The molecule has 0 unspecified atom stereocenters. The van der Waals surface area contributed by atoms with E-state index < -0.39 is 10.0 Å². The number of thiophene rings is 1. The lowest BCUT2D eigenvalue weighted by Gasteiger charge is -2.26. The molecule has 0 radical (unpaired) electrons. The molecule has 3 aromatic rings. The molecule has 4 rings (SSSR count). The molecule has 0 amide bonds. The second-order valence-corrected chi connectivity index (χ2v) is 10.6. The van der Waals surface area contributed by atoms with Gasteiger partial charge in [-0.3, -0.25) is 9.88 Å². The number of rotatable bonds is 10. The number of pyridine rings is 1. The summed E-state index contributed by atoms with van der Waals surface area (Å²) >= 11 is 1.22. The highest BCUT2D eigenvalue weighted by Crippen LogP contribution is 2.25. The van der Waals surface area contributed by atoms with Gasteiger partial charge in [0.1, 0.15) is 16.6 Å². The Hall–Kier alpha value is -2.30. The zero-order valence-corrected chi connectivity index (χ0v) is 19.4. The van der Waals surface area contributed by atoms with Crippen molar-refractivity contribution in [1.82, 2.24) is 14.2 Å². The van der Waals surface area contributed by atoms with E-state index in [2.05, 4.69) is 9.88 Å². The number of hydrogen-bond acceptors (Lipinski definition) is 7. The van der Waals surface area contributed by atoms with Crippen LogP contribution in [0.15, 0.2) is 70.4 Å².